The van der Waals surface area contributed by atoms with E-state index >= 15 is 0 Å². The molecule has 0 radical (unpaired) electrons. The lowest BCUT2D eigenvalue weighted by Crippen LogP contribution is -2.63. The monoisotopic (exact) mass is 566 g/mol. The summed E-state index contributed by atoms with van der Waals surface area (Å²) in [5, 5.41) is 100. The summed E-state index contributed by atoms with van der Waals surface area (Å²) in [4.78, 5) is 0. The molecule has 3 heterocycles. The van der Waals surface area contributed by atoms with Gasteiger partial charge in [-0.25, -0.2) is 0 Å². The molecule has 0 unspecified atom stereocenters. The van der Waals surface area contributed by atoms with Gasteiger partial charge >= 0.3 is 0 Å². The Morgan fingerprint density at radius 2 is 1.24 bits per heavy atom. The molecular weight excluding hydrogens is 536 g/mol. The summed E-state index contributed by atoms with van der Waals surface area (Å²) in [5.74, 6) is -2.23. The van der Waals surface area contributed by atoms with Gasteiger partial charge in [-0.15, -0.1) is 0 Å². The van der Waals surface area contributed by atoms with Crippen molar-refractivity contribution in [3.05, 3.63) is 0 Å². The number of aliphatic hydroxyl groups is 10. The molecule has 16 heteroatoms. The molecule has 0 bridgehead atoms. The van der Waals surface area contributed by atoms with Gasteiger partial charge in [0, 0.05) is 5.33 Å². The van der Waals surface area contributed by atoms with Gasteiger partial charge in [0.15, 0.2) is 12.6 Å². The minimum atomic E-state index is -2.23. The second-order valence-electron chi connectivity index (χ2n) is 8.38. The molecule has 0 aliphatic carbocycles. The summed E-state index contributed by atoms with van der Waals surface area (Å²) in [6.07, 6.45) is -20.8. The van der Waals surface area contributed by atoms with Crippen molar-refractivity contribution in [2.45, 2.75) is 85.5 Å². The highest BCUT2D eigenvalue weighted by atomic mass is 79.9. The lowest BCUT2D eigenvalue weighted by molar-refractivity contribution is -0.387. The Morgan fingerprint density at radius 3 is 1.76 bits per heavy atom. The second-order valence-corrected chi connectivity index (χ2v) is 9.03. The van der Waals surface area contributed by atoms with Crippen LogP contribution in [-0.4, -0.2) is 162 Å². The molecule has 0 saturated carbocycles. The van der Waals surface area contributed by atoms with E-state index in [4.69, 9.17) is 23.7 Å². The van der Waals surface area contributed by atoms with Crippen LogP contribution in [0.2, 0.25) is 0 Å². The first kappa shape index (κ1) is 28.5. The van der Waals surface area contributed by atoms with Crippen LogP contribution in [0.3, 0.4) is 0 Å². The molecule has 0 aromatic carbocycles. The number of aliphatic hydroxyl groups excluding tert-OH is 10. The van der Waals surface area contributed by atoms with E-state index in [1.807, 2.05) is 0 Å². The molecule has 0 aromatic heterocycles. The van der Waals surface area contributed by atoms with E-state index in [2.05, 4.69) is 15.9 Å². The predicted octanol–water partition coefficient (Wildman–Crippen LogP) is -6.17. The van der Waals surface area contributed by atoms with E-state index in [0.29, 0.717) is 0 Å². The molecule has 3 rings (SSSR count). The van der Waals surface area contributed by atoms with Gasteiger partial charge in [0.2, 0.25) is 5.79 Å². The van der Waals surface area contributed by atoms with E-state index in [0.717, 1.165) is 0 Å². The zero-order valence-electron chi connectivity index (χ0n) is 17.7. The van der Waals surface area contributed by atoms with Crippen molar-refractivity contribution in [3.63, 3.8) is 0 Å². The first-order valence-corrected chi connectivity index (χ1v) is 11.6. The highest BCUT2D eigenvalue weighted by Gasteiger charge is 2.58. The van der Waals surface area contributed by atoms with Crippen molar-refractivity contribution < 1.29 is 74.7 Å². The van der Waals surface area contributed by atoms with Crippen LogP contribution in [0, 0.1) is 0 Å². The Morgan fingerprint density at radius 1 is 0.676 bits per heavy atom. The molecule has 3 fully saturated rings. The van der Waals surface area contributed by atoms with Crippen LogP contribution >= 0.6 is 15.9 Å². The van der Waals surface area contributed by atoms with E-state index in [9.17, 15) is 51.1 Å². The van der Waals surface area contributed by atoms with Crippen LogP contribution in [0.15, 0.2) is 0 Å². The zero-order chi connectivity index (χ0) is 25.4. The number of ether oxygens (including phenoxy) is 5. The first-order chi connectivity index (χ1) is 16.0. The number of hydrogen-bond acceptors (Lipinski definition) is 15. The minimum Gasteiger partial charge on any atom is -0.394 e. The van der Waals surface area contributed by atoms with Crippen molar-refractivity contribution in [1.82, 2.24) is 0 Å². The molecule has 200 valence electrons. The van der Waals surface area contributed by atoms with E-state index in [1.54, 1.807) is 0 Å². The maximum absolute atomic E-state index is 10.3. The fourth-order valence-electron chi connectivity index (χ4n) is 3.99. The molecule has 15 nitrogen and oxygen atoms in total. The van der Waals surface area contributed by atoms with Crippen LogP contribution in [-0.2, 0) is 23.7 Å². The van der Waals surface area contributed by atoms with Crippen molar-refractivity contribution in [1.29, 1.82) is 0 Å². The quantitative estimate of drug-likeness (QED) is 0.123. The van der Waals surface area contributed by atoms with Gasteiger partial charge in [-0.2, -0.15) is 0 Å². The van der Waals surface area contributed by atoms with Crippen molar-refractivity contribution in [2.75, 3.05) is 25.2 Å². The second kappa shape index (κ2) is 11.5. The third-order valence-corrected chi connectivity index (χ3v) is 6.77. The minimum absolute atomic E-state index is 0.0707. The smallest absolute Gasteiger partial charge is 0.223 e. The maximum atomic E-state index is 10.3. The summed E-state index contributed by atoms with van der Waals surface area (Å²) in [5.41, 5.74) is 0. The predicted molar refractivity (Wildman–Crippen MR) is 108 cm³/mol. The molecule has 3 aliphatic rings. The van der Waals surface area contributed by atoms with Gasteiger partial charge in [-0.05, 0) is 0 Å². The zero-order valence-corrected chi connectivity index (χ0v) is 19.3. The van der Waals surface area contributed by atoms with Gasteiger partial charge in [-0.1, -0.05) is 15.9 Å². The third kappa shape index (κ3) is 5.28. The van der Waals surface area contributed by atoms with Crippen LogP contribution in [0.1, 0.15) is 0 Å². The Bertz CT molecular complexity index is 659. The summed E-state index contributed by atoms with van der Waals surface area (Å²) in [6.45, 7) is -2.26. The van der Waals surface area contributed by atoms with E-state index < -0.39 is 105 Å². The van der Waals surface area contributed by atoms with Crippen LogP contribution in [0.25, 0.3) is 0 Å². The topological polar surface area (TPSA) is 248 Å². The summed E-state index contributed by atoms with van der Waals surface area (Å²) in [6, 6.07) is 0. The normalized spacial score (nSPS) is 52.1. The lowest BCUT2D eigenvalue weighted by Gasteiger charge is -2.44. The fraction of sp³-hybridized carbons (Fsp3) is 1.00. The van der Waals surface area contributed by atoms with Crippen LogP contribution in [0.4, 0.5) is 0 Å². The number of rotatable bonds is 8. The number of alkyl halides is 1. The van der Waals surface area contributed by atoms with Gasteiger partial charge < -0.3 is 74.7 Å². The number of halogens is 1. The van der Waals surface area contributed by atoms with Gasteiger partial charge in [0.05, 0.1) is 19.3 Å². The van der Waals surface area contributed by atoms with Crippen molar-refractivity contribution in [3.8, 4) is 0 Å². The molecule has 10 N–H and O–H groups in total. The SMILES string of the molecule is OC[C@H]1O[C@H](OC[C@H]2O[C@H](O[C@]3(CO)O[C@H](CBr)[C@@H](O)[C@@H]3O)[C@H](O)[C@@H](O)[C@@H]2O)[C@H](O)[C@@H](O)[C@H]1O. The highest BCUT2D eigenvalue weighted by molar-refractivity contribution is 9.09. The van der Waals surface area contributed by atoms with Crippen LogP contribution in [0.5, 0.6) is 0 Å². The molecule has 3 saturated heterocycles. The average molecular weight is 567 g/mol. The van der Waals surface area contributed by atoms with Gasteiger partial charge in [0.25, 0.3) is 0 Å². The van der Waals surface area contributed by atoms with Crippen LogP contribution < -0.4 is 0 Å². The third-order valence-electron chi connectivity index (χ3n) is 6.14. The molecule has 0 spiro atoms. The Balaban J connectivity index is 1.69. The van der Waals surface area contributed by atoms with E-state index in [-0.39, 0.29) is 5.33 Å². The van der Waals surface area contributed by atoms with E-state index in [1.165, 1.54) is 0 Å². The van der Waals surface area contributed by atoms with Gasteiger partial charge in [-0.3, -0.25) is 0 Å². The summed E-state index contributed by atoms with van der Waals surface area (Å²) >= 11 is 3.08. The summed E-state index contributed by atoms with van der Waals surface area (Å²) < 4.78 is 26.8. The molecular formula is C18H31BrO15. The standard InChI is InChI=1S/C18H31BrO15/c19-1-5-10(24)15(29)18(4-21,33-5)34-17-14(28)12(26)9(23)7(32-17)3-30-16-13(27)11(25)8(22)6(2-20)31-16/h5-17,20-29H,1-4H2/t5-,6-,7-,8+,9-,10-,11+,12+,13-,14-,15+,16+,17-,18+/m1/s1. The first-order valence-electron chi connectivity index (χ1n) is 10.5. The molecule has 0 aromatic rings. The van der Waals surface area contributed by atoms with Gasteiger partial charge in [0.1, 0.15) is 67.6 Å². The Hall–Kier alpha value is -0.120. The number of hydrogen-bond donors (Lipinski definition) is 10. The maximum Gasteiger partial charge on any atom is 0.223 e. The average Bonchev–Trinajstić information content (AvgIpc) is 3.08. The highest BCUT2D eigenvalue weighted by Crippen LogP contribution is 2.36. The molecule has 3 aliphatic heterocycles. The van der Waals surface area contributed by atoms with Crippen molar-refractivity contribution >= 4 is 15.9 Å². The Kier molecular flexibility index (Phi) is 9.63. The largest absolute Gasteiger partial charge is 0.394 e. The Labute approximate surface area is 201 Å². The molecule has 0 amide bonds. The molecule has 34 heavy (non-hydrogen) atoms. The van der Waals surface area contributed by atoms with Crippen molar-refractivity contribution in [2.24, 2.45) is 0 Å². The summed E-state index contributed by atoms with van der Waals surface area (Å²) in [7, 11) is 0. The molecule has 14 atom stereocenters. The fourth-order valence-corrected chi connectivity index (χ4v) is 4.51. The lowest BCUT2D eigenvalue weighted by atomic mass is 9.98.